The van der Waals surface area contributed by atoms with Crippen LogP contribution in [0.5, 0.6) is 0 Å². The van der Waals surface area contributed by atoms with Gasteiger partial charge in [-0.15, -0.1) is 16.4 Å². The number of rotatable bonds is 8. The Hall–Kier alpha value is -1.88. The summed E-state index contributed by atoms with van der Waals surface area (Å²) in [5.41, 5.74) is 1.27. The molecular weight excluding hydrogens is 420 g/mol. The van der Waals surface area contributed by atoms with Crippen molar-refractivity contribution in [3.63, 3.8) is 0 Å². The number of thioether (sulfide) groups is 1. The number of hydrogen-bond acceptors (Lipinski definition) is 6. The third-order valence-corrected chi connectivity index (χ3v) is 8.32. The van der Waals surface area contributed by atoms with Crippen molar-refractivity contribution < 1.29 is 29.6 Å². The lowest BCUT2D eigenvalue weighted by Gasteiger charge is -2.46. The lowest BCUT2D eigenvalue weighted by atomic mass is 9.79. The highest BCUT2D eigenvalue weighted by atomic mass is 32.2. The minimum absolute atomic E-state index is 0.0952. The fraction of sp³-hybridized carbons (Fsp3) is 0.667. The summed E-state index contributed by atoms with van der Waals surface area (Å²) in [4.78, 5) is 26.6. The second-order valence-electron chi connectivity index (χ2n) is 8.77. The number of nitrogens with zero attached hydrogens (tertiary/aromatic N) is 3. The molecule has 0 aromatic carbocycles. The fourth-order valence-electron chi connectivity index (χ4n) is 5.21. The average molecular weight is 452 g/mol. The van der Waals surface area contributed by atoms with Gasteiger partial charge in [-0.25, -0.2) is 4.79 Å². The second-order valence-corrected chi connectivity index (χ2v) is 10.1. The van der Waals surface area contributed by atoms with Crippen LogP contribution in [0.4, 0.5) is 0 Å². The third-order valence-electron chi connectivity index (χ3n) is 6.81. The largest absolute Gasteiger partial charge is 0.477 e. The normalized spacial score (nSPS) is 31.2. The molecule has 2 unspecified atom stereocenters. The van der Waals surface area contributed by atoms with Gasteiger partial charge >= 0.3 is 5.97 Å². The molecular formula is C21H31N4O5S+. The Morgan fingerprint density at radius 3 is 2.84 bits per heavy atom. The highest BCUT2D eigenvalue weighted by Crippen LogP contribution is 2.51. The molecule has 0 radical (unpaired) electrons. The molecule has 3 aliphatic rings. The molecule has 3 aliphatic heterocycles. The van der Waals surface area contributed by atoms with E-state index >= 15 is 0 Å². The number of aromatic nitrogens is 2. The first kappa shape index (κ1) is 22.3. The molecule has 1 aromatic rings. The number of carbonyl (C=O) groups excluding carboxylic acids is 1. The number of fused-ring (bicyclic) bond motifs is 1. The predicted molar refractivity (Wildman–Crippen MR) is 114 cm³/mol. The van der Waals surface area contributed by atoms with E-state index in [1.807, 2.05) is 24.9 Å². The molecule has 0 aliphatic carbocycles. The number of nitrogens with one attached hydrogen (secondary N) is 1. The molecule has 0 bridgehead atoms. The zero-order valence-corrected chi connectivity index (χ0v) is 18.9. The highest BCUT2D eigenvalue weighted by Gasteiger charge is 2.60. The monoisotopic (exact) mass is 451 g/mol. The molecule has 0 spiro atoms. The number of aliphatic carboxylic acids is 1. The maximum absolute atomic E-state index is 12.5. The fourth-order valence-corrected chi connectivity index (χ4v) is 6.73. The van der Waals surface area contributed by atoms with Crippen molar-refractivity contribution in [3.8, 4) is 0 Å². The van der Waals surface area contributed by atoms with Gasteiger partial charge in [0, 0.05) is 41.1 Å². The van der Waals surface area contributed by atoms with Gasteiger partial charge in [0.2, 0.25) is 5.91 Å². The van der Waals surface area contributed by atoms with E-state index in [0.29, 0.717) is 6.54 Å². The summed E-state index contributed by atoms with van der Waals surface area (Å²) < 4.78 is 4.02. The van der Waals surface area contributed by atoms with E-state index in [2.05, 4.69) is 16.1 Å². The van der Waals surface area contributed by atoms with Gasteiger partial charge in [0.1, 0.15) is 12.3 Å². The molecule has 10 heteroatoms. The van der Waals surface area contributed by atoms with Crippen LogP contribution >= 0.6 is 11.8 Å². The van der Waals surface area contributed by atoms with Crippen molar-refractivity contribution in [2.24, 2.45) is 18.9 Å². The maximum atomic E-state index is 12.5. The Balaban J connectivity index is 1.44. The molecule has 4 N–H and O–H groups in total. The quantitative estimate of drug-likeness (QED) is 0.310. The standard InChI is InChI=1S/C21H30N4O5S/c1-11-17-16(12(2)27)20(28)25(17)18(21(29)30)19(11)31-15-9-13(22-10-15)8-14-4-5-24(6-7-26)23(14)3/h4-5,11-13,15-17,22,26-27H,6-10H2,1-3H3/p+1/t11-,12-,13-,15+,16?,17?/m1/s1. The van der Waals surface area contributed by atoms with E-state index in [1.54, 1.807) is 18.7 Å². The molecule has 1 amide bonds. The number of aliphatic hydroxyl groups excluding tert-OH is 2. The zero-order valence-electron chi connectivity index (χ0n) is 18.1. The summed E-state index contributed by atoms with van der Waals surface area (Å²) in [5, 5.41) is 32.7. The summed E-state index contributed by atoms with van der Waals surface area (Å²) in [6.07, 6.45) is 2.93. The van der Waals surface area contributed by atoms with E-state index in [1.165, 1.54) is 10.6 Å². The zero-order chi connectivity index (χ0) is 22.4. The van der Waals surface area contributed by atoms with Gasteiger partial charge in [-0.3, -0.25) is 4.79 Å². The Morgan fingerprint density at radius 1 is 1.45 bits per heavy atom. The number of carboxylic acids is 1. The van der Waals surface area contributed by atoms with Crippen molar-refractivity contribution in [2.75, 3.05) is 13.2 Å². The molecule has 1 aromatic heterocycles. The highest BCUT2D eigenvalue weighted by molar-refractivity contribution is 8.03. The van der Waals surface area contributed by atoms with E-state index in [0.717, 1.165) is 24.3 Å². The molecule has 9 nitrogen and oxygen atoms in total. The number of aliphatic hydroxyl groups is 2. The smallest absolute Gasteiger partial charge is 0.353 e. The summed E-state index contributed by atoms with van der Waals surface area (Å²) >= 11 is 1.57. The summed E-state index contributed by atoms with van der Waals surface area (Å²) in [6, 6.07) is 2.08. The van der Waals surface area contributed by atoms with Gasteiger partial charge in [0.15, 0.2) is 12.7 Å². The van der Waals surface area contributed by atoms with Crippen LogP contribution in [0, 0.1) is 11.8 Å². The number of β-lactam (4-membered cyclic amide) rings is 1. The summed E-state index contributed by atoms with van der Waals surface area (Å²) in [7, 11) is 1.98. The van der Waals surface area contributed by atoms with Crippen LogP contribution in [0.2, 0.25) is 0 Å². The SMILES string of the molecule is C[C@@H](O)C1C(=O)N2C(C(=O)O)=C(S[C@@H]3CN[C@H](Cc4cc[n+](CCO)n4C)C3)[C@H](C)C12. The minimum atomic E-state index is -1.08. The van der Waals surface area contributed by atoms with Crippen molar-refractivity contribution in [3.05, 3.63) is 28.6 Å². The summed E-state index contributed by atoms with van der Waals surface area (Å²) in [6.45, 7) is 4.98. The molecule has 2 fully saturated rings. The van der Waals surface area contributed by atoms with Crippen LogP contribution in [-0.4, -0.2) is 73.4 Å². The molecule has 4 rings (SSSR count). The molecule has 31 heavy (non-hydrogen) atoms. The lowest BCUT2D eigenvalue weighted by Crippen LogP contribution is -2.63. The van der Waals surface area contributed by atoms with Crippen molar-refractivity contribution in [1.82, 2.24) is 14.9 Å². The van der Waals surface area contributed by atoms with Crippen molar-refractivity contribution in [1.29, 1.82) is 0 Å². The van der Waals surface area contributed by atoms with Gasteiger partial charge in [-0.2, -0.15) is 4.68 Å². The van der Waals surface area contributed by atoms with E-state index in [-0.39, 0.29) is 41.5 Å². The predicted octanol–water partition coefficient (Wildman–Crippen LogP) is -0.535. The first-order valence-corrected chi connectivity index (χ1v) is 11.7. The van der Waals surface area contributed by atoms with Gasteiger partial charge in [0.25, 0.3) is 0 Å². The number of carbonyl (C=O) groups is 2. The topological polar surface area (TPSA) is 119 Å². The van der Waals surface area contributed by atoms with Crippen LogP contribution in [0.1, 0.15) is 26.0 Å². The Morgan fingerprint density at radius 2 is 2.19 bits per heavy atom. The Bertz CT molecular complexity index is 914. The van der Waals surface area contributed by atoms with E-state index in [9.17, 15) is 19.8 Å². The molecule has 170 valence electrons. The average Bonchev–Trinajstić information content (AvgIpc) is 3.35. The van der Waals surface area contributed by atoms with E-state index in [4.69, 9.17) is 5.11 Å². The van der Waals surface area contributed by atoms with Crippen LogP contribution in [0.25, 0.3) is 0 Å². The summed E-state index contributed by atoms with van der Waals surface area (Å²) in [5.74, 6) is -1.99. The van der Waals surface area contributed by atoms with Crippen LogP contribution in [-0.2, 0) is 29.6 Å². The first-order valence-electron chi connectivity index (χ1n) is 10.8. The molecule has 2 saturated heterocycles. The Kier molecular flexibility index (Phi) is 6.17. The second kappa shape index (κ2) is 8.57. The lowest BCUT2D eigenvalue weighted by molar-refractivity contribution is -0.774. The molecule has 6 atom stereocenters. The van der Waals surface area contributed by atoms with Gasteiger partial charge in [0.05, 0.1) is 30.8 Å². The molecule has 0 saturated carbocycles. The maximum Gasteiger partial charge on any atom is 0.353 e. The van der Waals surface area contributed by atoms with Gasteiger partial charge < -0.3 is 25.5 Å². The van der Waals surface area contributed by atoms with Crippen LogP contribution in [0.15, 0.2) is 22.9 Å². The van der Waals surface area contributed by atoms with Crippen molar-refractivity contribution in [2.45, 2.75) is 56.7 Å². The van der Waals surface area contributed by atoms with Gasteiger partial charge in [-0.05, 0) is 13.3 Å². The molecule has 4 heterocycles. The van der Waals surface area contributed by atoms with E-state index < -0.39 is 18.0 Å². The van der Waals surface area contributed by atoms with Crippen LogP contribution < -0.4 is 10.00 Å². The number of hydrogen-bond donors (Lipinski definition) is 4. The van der Waals surface area contributed by atoms with Crippen LogP contribution in [0.3, 0.4) is 0 Å². The van der Waals surface area contributed by atoms with Crippen molar-refractivity contribution >= 4 is 23.6 Å². The first-order chi connectivity index (χ1) is 14.7. The minimum Gasteiger partial charge on any atom is -0.477 e. The number of amides is 1. The van der Waals surface area contributed by atoms with Gasteiger partial charge in [-0.1, -0.05) is 6.92 Å². The third kappa shape index (κ3) is 3.79. The Labute approximate surface area is 185 Å². The number of carboxylic acid groups (broad SMARTS) is 1.